The predicted octanol–water partition coefficient (Wildman–Crippen LogP) is 4.35. The smallest absolute Gasteiger partial charge is 0.307 e. The lowest BCUT2D eigenvalue weighted by molar-refractivity contribution is -0.143. The Morgan fingerprint density at radius 1 is 1.24 bits per heavy atom. The SMILES string of the molecule is O=C(O)C1CCCCC1c1cccc(Cl)c1Cl. The Morgan fingerprint density at radius 2 is 1.94 bits per heavy atom. The first-order valence-corrected chi connectivity index (χ1v) is 6.53. The molecule has 1 N–H and O–H groups in total. The van der Waals surface area contributed by atoms with Crippen molar-refractivity contribution in [3.63, 3.8) is 0 Å². The van der Waals surface area contributed by atoms with Crippen LogP contribution in [0.4, 0.5) is 0 Å². The van der Waals surface area contributed by atoms with Crippen molar-refractivity contribution in [3.05, 3.63) is 33.8 Å². The zero-order valence-electron chi connectivity index (χ0n) is 9.33. The van der Waals surface area contributed by atoms with Crippen LogP contribution in [-0.2, 0) is 4.79 Å². The highest BCUT2D eigenvalue weighted by molar-refractivity contribution is 6.42. The molecule has 0 amide bonds. The number of carboxylic acid groups (broad SMARTS) is 1. The fourth-order valence-electron chi connectivity index (χ4n) is 2.61. The van der Waals surface area contributed by atoms with Gasteiger partial charge in [0.15, 0.2) is 0 Å². The summed E-state index contributed by atoms with van der Waals surface area (Å²) in [7, 11) is 0. The predicted molar refractivity (Wildman–Crippen MR) is 68.8 cm³/mol. The Kier molecular flexibility index (Phi) is 3.95. The monoisotopic (exact) mass is 272 g/mol. The summed E-state index contributed by atoms with van der Waals surface area (Å²) in [5.41, 5.74) is 0.881. The van der Waals surface area contributed by atoms with Gasteiger partial charge in [0.25, 0.3) is 0 Å². The van der Waals surface area contributed by atoms with E-state index in [0.717, 1.165) is 31.2 Å². The van der Waals surface area contributed by atoms with Crippen LogP contribution in [0.5, 0.6) is 0 Å². The maximum Gasteiger partial charge on any atom is 0.307 e. The van der Waals surface area contributed by atoms with Crippen molar-refractivity contribution in [2.75, 3.05) is 0 Å². The molecule has 1 aliphatic rings. The molecule has 0 heterocycles. The molecule has 4 heteroatoms. The van der Waals surface area contributed by atoms with Crippen LogP contribution in [0.1, 0.15) is 37.2 Å². The fraction of sp³-hybridized carbons (Fsp3) is 0.462. The molecule has 2 rings (SSSR count). The Bertz CT molecular complexity index is 431. The maximum absolute atomic E-state index is 11.3. The van der Waals surface area contributed by atoms with E-state index in [4.69, 9.17) is 23.2 Å². The molecule has 17 heavy (non-hydrogen) atoms. The summed E-state index contributed by atoms with van der Waals surface area (Å²) in [5, 5.41) is 10.3. The molecule has 1 aromatic carbocycles. The first kappa shape index (κ1) is 12.7. The summed E-state index contributed by atoms with van der Waals surface area (Å²) in [6, 6.07) is 5.45. The zero-order chi connectivity index (χ0) is 12.4. The molecular formula is C13H14Cl2O2. The van der Waals surface area contributed by atoms with Crippen LogP contribution < -0.4 is 0 Å². The van der Waals surface area contributed by atoms with E-state index in [2.05, 4.69) is 0 Å². The first-order chi connectivity index (χ1) is 8.11. The molecule has 0 aromatic heterocycles. The van der Waals surface area contributed by atoms with Gasteiger partial charge in [0.2, 0.25) is 0 Å². The molecule has 0 bridgehead atoms. The third kappa shape index (κ3) is 2.58. The van der Waals surface area contributed by atoms with Gasteiger partial charge in [0, 0.05) is 0 Å². The lowest BCUT2D eigenvalue weighted by atomic mass is 9.75. The normalized spacial score (nSPS) is 24.6. The van der Waals surface area contributed by atoms with Crippen LogP contribution in [0.15, 0.2) is 18.2 Å². The van der Waals surface area contributed by atoms with Gasteiger partial charge in [-0.05, 0) is 30.4 Å². The largest absolute Gasteiger partial charge is 0.481 e. The number of carbonyl (C=O) groups is 1. The van der Waals surface area contributed by atoms with Crippen LogP contribution in [0, 0.1) is 5.92 Å². The second-order valence-corrected chi connectivity index (χ2v) is 5.26. The van der Waals surface area contributed by atoms with Gasteiger partial charge in [-0.1, -0.05) is 48.2 Å². The zero-order valence-corrected chi connectivity index (χ0v) is 10.8. The molecule has 1 aromatic rings. The minimum absolute atomic E-state index is 0.00699. The second kappa shape index (κ2) is 5.28. The number of aliphatic carboxylic acids is 1. The van der Waals surface area contributed by atoms with Crippen molar-refractivity contribution in [1.82, 2.24) is 0 Å². The van der Waals surface area contributed by atoms with Crippen molar-refractivity contribution < 1.29 is 9.90 Å². The summed E-state index contributed by atoms with van der Waals surface area (Å²) in [5.74, 6) is -1.07. The number of carboxylic acids is 1. The molecule has 1 fully saturated rings. The maximum atomic E-state index is 11.3. The van der Waals surface area contributed by atoms with Crippen molar-refractivity contribution in [2.24, 2.45) is 5.92 Å². The second-order valence-electron chi connectivity index (χ2n) is 4.48. The van der Waals surface area contributed by atoms with E-state index in [9.17, 15) is 9.90 Å². The van der Waals surface area contributed by atoms with E-state index < -0.39 is 5.97 Å². The molecule has 1 saturated carbocycles. The van der Waals surface area contributed by atoms with E-state index in [1.54, 1.807) is 6.07 Å². The van der Waals surface area contributed by atoms with E-state index in [1.165, 1.54) is 0 Å². The summed E-state index contributed by atoms with van der Waals surface area (Å²) < 4.78 is 0. The average Bonchev–Trinajstić information content (AvgIpc) is 2.33. The summed E-state index contributed by atoms with van der Waals surface area (Å²) >= 11 is 12.2. The first-order valence-electron chi connectivity index (χ1n) is 5.78. The van der Waals surface area contributed by atoms with Crippen molar-refractivity contribution in [2.45, 2.75) is 31.6 Å². The minimum Gasteiger partial charge on any atom is -0.481 e. The van der Waals surface area contributed by atoms with Crippen LogP contribution in [0.2, 0.25) is 10.0 Å². The molecule has 2 nitrogen and oxygen atoms in total. The summed E-state index contributed by atoms with van der Waals surface area (Å²) in [6.45, 7) is 0. The van der Waals surface area contributed by atoms with Crippen molar-refractivity contribution >= 4 is 29.2 Å². The van der Waals surface area contributed by atoms with Gasteiger partial charge in [0.1, 0.15) is 0 Å². The van der Waals surface area contributed by atoms with E-state index in [1.807, 2.05) is 12.1 Å². The van der Waals surface area contributed by atoms with Crippen LogP contribution >= 0.6 is 23.2 Å². The Labute approximate surface area is 111 Å². The van der Waals surface area contributed by atoms with Gasteiger partial charge in [-0.25, -0.2) is 0 Å². The standard InChI is InChI=1S/C13H14Cl2O2/c14-11-7-3-6-9(12(11)15)8-4-1-2-5-10(8)13(16)17/h3,6-8,10H,1-2,4-5H2,(H,16,17). The topological polar surface area (TPSA) is 37.3 Å². The quantitative estimate of drug-likeness (QED) is 0.869. The highest BCUT2D eigenvalue weighted by Gasteiger charge is 2.33. The van der Waals surface area contributed by atoms with Crippen molar-refractivity contribution in [3.8, 4) is 0 Å². The fourth-order valence-corrected chi connectivity index (χ4v) is 3.05. The highest BCUT2D eigenvalue weighted by Crippen LogP contribution is 2.42. The summed E-state index contributed by atoms with van der Waals surface area (Å²) in [6.07, 6.45) is 3.63. The average molecular weight is 273 g/mol. The molecule has 1 aliphatic carbocycles. The van der Waals surface area contributed by atoms with Gasteiger partial charge < -0.3 is 5.11 Å². The van der Waals surface area contributed by atoms with Crippen LogP contribution in [0.3, 0.4) is 0 Å². The molecule has 2 atom stereocenters. The third-order valence-corrected chi connectivity index (χ3v) is 4.30. The van der Waals surface area contributed by atoms with E-state index >= 15 is 0 Å². The lowest BCUT2D eigenvalue weighted by Crippen LogP contribution is -2.25. The molecule has 0 spiro atoms. The Morgan fingerprint density at radius 3 is 2.65 bits per heavy atom. The Hall–Kier alpha value is -0.730. The third-order valence-electron chi connectivity index (χ3n) is 3.46. The number of halogens is 2. The van der Waals surface area contributed by atoms with E-state index in [-0.39, 0.29) is 11.8 Å². The lowest BCUT2D eigenvalue weighted by Gasteiger charge is -2.29. The molecule has 0 aliphatic heterocycles. The minimum atomic E-state index is -0.731. The van der Waals surface area contributed by atoms with Crippen LogP contribution in [-0.4, -0.2) is 11.1 Å². The van der Waals surface area contributed by atoms with Crippen molar-refractivity contribution in [1.29, 1.82) is 0 Å². The molecule has 92 valence electrons. The number of rotatable bonds is 2. The Balaban J connectivity index is 2.36. The number of hydrogen-bond donors (Lipinski definition) is 1. The van der Waals surface area contributed by atoms with Gasteiger partial charge in [-0.3, -0.25) is 4.79 Å². The summed E-state index contributed by atoms with van der Waals surface area (Å²) in [4.78, 5) is 11.3. The highest BCUT2D eigenvalue weighted by atomic mass is 35.5. The molecule has 0 radical (unpaired) electrons. The van der Waals surface area contributed by atoms with Gasteiger partial charge in [-0.15, -0.1) is 0 Å². The molecule has 2 unspecified atom stereocenters. The van der Waals surface area contributed by atoms with Crippen LogP contribution in [0.25, 0.3) is 0 Å². The number of benzene rings is 1. The van der Waals surface area contributed by atoms with E-state index in [0.29, 0.717) is 10.0 Å². The molecular weight excluding hydrogens is 259 g/mol. The number of hydrogen-bond acceptors (Lipinski definition) is 1. The van der Waals surface area contributed by atoms with Gasteiger partial charge in [0.05, 0.1) is 16.0 Å². The van der Waals surface area contributed by atoms with Gasteiger partial charge >= 0.3 is 5.97 Å². The van der Waals surface area contributed by atoms with Gasteiger partial charge in [-0.2, -0.15) is 0 Å². The molecule has 0 saturated heterocycles.